The van der Waals surface area contributed by atoms with Gasteiger partial charge < -0.3 is 5.32 Å². The van der Waals surface area contributed by atoms with E-state index in [0.29, 0.717) is 6.04 Å². The summed E-state index contributed by atoms with van der Waals surface area (Å²) < 4.78 is 0. The Kier molecular flexibility index (Phi) is 5.87. The Labute approximate surface area is 99.6 Å². The van der Waals surface area contributed by atoms with Crippen molar-refractivity contribution in [3.63, 3.8) is 0 Å². The standard InChI is InChI=1S/C15H23N/c1-4-5-6-9-14(3)16-12-15-10-7-8-13(2)11-15/h4,7-8,10-11,14,16H,1,5-6,9,12H2,2-3H3. The normalized spacial score (nSPS) is 12.4. The highest BCUT2D eigenvalue weighted by atomic mass is 14.9. The molecule has 0 heterocycles. The van der Waals surface area contributed by atoms with Crippen LogP contribution in [0.2, 0.25) is 0 Å². The first-order chi connectivity index (χ1) is 7.72. The summed E-state index contributed by atoms with van der Waals surface area (Å²) in [6.07, 6.45) is 5.56. The van der Waals surface area contributed by atoms with Crippen LogP contribution in [0.1, 0.15) is 37.3 Å². The monoisotopic (exact) mass is 217 g/mol. The molecule has 1 atom stereocenters. The molecule has 88 valence electrons. The zero-order chi connectivity index (χ0) is 11.8. The van der Waals surface area contributed by atoms with Gasteiger partial charge >= 0.3 is 0 Å². The molecule has 1 aromatic rings. The van der Waals surface area contributed by atoms with E-state index < -0.39 is 0 Å². The van der Waals surface area contributed by atoms with Crippen molar-refractivity contribution in [1.29, 1.82) is 0 Å². The van der Waals surface area contributed by atoms with Gasteiger partial charge in [0.15, 0.2) is 0 Å². The van der Waals surface area contributed by atoms with Gasteiger partial charge in [-0.05, 0) is 38.7 Å². The topological polar surface area (TPSA) is 12.0 Å². The fourth-order valence-corrected chi connectivity index (χ4v) is 1.78. The molecule has 1 heteroatoms. The molecule has 1 rings (SSSR count). The van der Waals surface area contributed by atoms with Crippen LogP contribution in [0.3, 0.4) is 0 Å². The SMILES string of the molecule is C=CCCCC(C)NCc1cccc(C)c1. The summed E-state index contributed by atoms with van der Waals surface area (Å²) >= 11 is 0. The van der Waals surface area contributed by atoms with Crippen LogP contribution in [0.25, 0.3) is 0 Å². The summed E-state index contributed by atoms with van der Waals surface area (Å²) in [5.41, 5.74) is 2.70. The minimum atomic E-state index is 0.584. The highest BCUT2D eigenvalue weighted by molar-refractivity contribution is 5.21. The lowest BCUT2D eigenvalue weighted by Gasteiger charge is -2.13. The predicted octanol–water partition coefficient (Wildman–Crippen LogP) is 3.83. The van der Waals surface area contributed by atoms with Crippen LogP contribution in [-0.4, -0.2) is 6.04 Å². The molecule has 1 nitrogen and oxygen atoms in total. The third kappa shape index (κ3) is 5.13. The fourth-order valence-electron chi connectivity index (χ4n) is 1.78. The predicted molar refractivity (Wildman–Crippen MR) is 71.5 cm³/mol. The molecule has 0 aliphatic heterocycles. The number of unbranched alkanes of at least 4 members (excludes halogenated alkanes) is 1. The van der Waals surface area contributed by atoms with Crippen molar-refractivity contribution in [2.45, 2.75) is 45.7 Å². The highest BCUT2D eigenvalue weighted by Crippen LogP contribution is 2.05. The van der Waals surface area contributed by atoms with E-state index in [1.54, 1.807) is 0 Å². The lowest BCUT2D eigenvalue weighted by atomic mass is 10.1. The molecule has 1 N–H and O–H groups in total. The molecule has 0 bridgehead atoms. The summed E-state index contributed by atoms with van der Waals surface area (Å²) in [6.45, 7) is 9.09. The smallest absolute Gasteiger partial charge is 0.0208 e. The van der Waals surface area contributed by atoms with Gasteiger partial charge in [-0.25, -0.2) is 0 Å². The van der Waals surface area contributed by atoms with Crippen LogP contribution >= 0.6 is 0 Å². The largest absolute Gasteiger partial charge is 0.310 e. The molecule has 0 fully saturated rings. The molecule has 1 aromatic carbocycles. The number of hydrogen-bond acceptors (Lipinski definition) is 1. The quantitative estimate of drug-likeness (QED) is 0.540. The molecule has 0 spiro atoms. The zero-order valence-electron chi connectivity index (χ0n) is 10.5. The molecule has 0 saturated carbocycles. The maximum atomic E-state index is 3.74. The minimum Gasteiger partial charge on any atom is -0.310 e. The van der Waals surface area contributed by atoms with Crippen LogP contribution in [0.4, 0.5) is 0 Å². The van der Waals surface area contributed by atoms with Gasteiger partial charge in [0.25, 0.3) is 0 Å². The van der Waals surface area contributed by atoms with Gasteiger partial charge in [-0.1, -0.05) is 35.9 Å². The van der Waals surface area contributed by atoms with E-state index in [1.165, 1.54) is 24.0 Å². The summed E-state index contributed by atoms with van der Waals surface area (Å²) in [7, 11) is 0. The third-order valence-electron chi connectivity index (χ3n) is 2.78. The lowest BCUT2D eigenvalue weighted by molar-refractivity contribution is 0.500. The van der Waals surface area contributed by atoms with E-state index in [9.17, 15) is 0 Å². The highest BCUT2D eigenvalue weighted by Gasteiger charge is 2.00. The summed E-state index contributed by atoms with van der Waals surface area (Å²) in [4.78, 5) is 0. The lowest BCUT2D eigenvalue weighted by Crippen LogP contribution is -2.25. The van der Waals surface area contributed by atoms with Crippen molar-refractivity contribution in [3.8, 4) is 0 Å². The summed E-state index contributed by atoms with van der Waals surface area (Å²) in [5, 5.41) is 3.55. The number of hydrogen-bond donors (Lipinski definition) is 1. The van der Waals surface area contributed by atoms with Crippen LogP contribution in [-0.2, 0) is 6.54 Å². The second-order valence-electron chi connectivity index (χ2n) is 4.49. The Morgan fingerprint density at radius 3 is 2.94 bits per heavy atom. The fraction of sp³-hybridized carbons (Fsp3) is 0.467. The first-order valence-corrected chi connectivity index (χ1v) is 6.12. The number of rotatable bonds is 7. The molecule has 0 aliphatic rings. The van der Waals surface area contributed by atoms with Crippen LogP contribution < -0.4 is 5.32 Å². The van der Waals surface area contributed by atoms with Gasteiger partial charge in [-0.3, -0.25) is 0 Å². The van der Waals surface area contributed by atoms with Gasteiger partial charge in [0.05, 0.1) is 0 Å². The van der Waals surface area contributed by atoms with E-state index in [1.807, 2.05) is 6.08 Å². The van der Waals surface area contributed by atoms with Crippen molar-refractivity contribution in [2.75, 3.05) is 0 Å². The second kappa shape index (κ2) is 7.24. The number of benzene rings is 1. The van der Waals surface area contributed by atoms with E-state index in [0.717, 1.165) is 13.0 Å². The Morgan fingerprint density at radius 2 is 2.25 bits per heavy atom. The number of allylic oxidation sites excluding steroid dienone is 1. The van der Waals surface area contributed by atoms with Crippen molar-refractivity contribution in [3.05, 3.63) is 48.0 Å². The van der Waals surface area contributed by atoms with Crippen LogP contribution in [0.15, 0.2) is 36.9 Å². The molecular formula is C15H23N. The second-order valence-corrected chi connectivity index (χ2v) is 4.49. The Balaban J connectivity index is 2.25. The van der Waals surface area contributed by atoms with Crippen LogP contribution in [0.5, 0.6) is 0 Å². The van der Waals surface area contributed by atoms with Crippen molar-refractivity contribution < 1.29 is 0 Å². The molecular weight excluding hydrogens is 194 g/mol. The van der Waals surface area contributed by atoms with Crippen molar-refractivity contribution in [2.24, 2.45) is 0 Å². The van der Waals surface area contributed by atoms with Gasteiger partial charge in [0, 0.05) is 12.6 Å². The first-order valence-electron chi connectivity index (χ1n) is 6.12. The molecule has 0 aromatic heterocycles. The molecule has 0 saturated heterocycles. The van der Waals surface area contributed by atoms with Crippen molar-refractivity contribution >= 4 is 0 Å². The molecule has 1 unspecified atom stereocenters. The zero-order valence-corrected chi connectivity index (χ0v) is 10.5. The van der Waals surface area contributed by atoms with Crippen LogP contribution in [0, 0.1) is 6.92 Å². The third-order valence-corrected chi connectivity index (χ3v) is 2.78. The molecule has 16 heavy (non-hydrogen) atoms. The number of nitrogens with one attached hydrogen (secondary N) is 1. The average molecular weight is 217 g/mol. The van der Waals surface area contributed by atoms with Gasteiger partial charge in [-0.2, -0.15) is 0 Å². The van der Waals surface area contributed by atoms with E-state index in [4.69, 9.17) is 0 Å². The molecule has 0 radical (unpaired) electrons. The first kappa shape index (κ1) is 13.0. The molecule has 0 aliphatic carbocycles. The molecule has 0 amide bonds. The minimum absolute atomic E-state index is 0.584. The van der Waals surface area contributed by atoms with Gasteiger partial charge in [0.1, 0.15) is 0 Å². The van der Waals surface area contributed by atoms with Gasteiger partial charge in [0.2, 0.25) is 0 Å². The van der Waals surface area contributed by atoms with E-state index in [2.05, 4.69) is 50.0 Å². The Bertz CT molecular complexity index is 317. The number of aryl methyl sites for hydroxylation is 1. The summed E-state index contributed by atoms with van der Waals surface area (Å²) in [5.74, 6) is 0. The average Bonchev–Trinajstić information content (AvgIpc) is 2.27. The maximum absolute atomic E-state index is 3.74. The van der Waals surface area contributed by atoms with E-state index >= 15 is 0 Å². The summed E-state index contributed by atoms with van der Waals surface area (Å²) in [6, 6.07) is 9.26. The maximum Gasteiger partial charge on any atom is 0.0208 e. The Hall–Kier alpha value is -1.08. The van der Waals surface area contributed by atoms with Gasteiger partial charge in [-0.15, -0.1) is 6.58 Å². The van der Waals surface area contributed by atoms with E-state index in [-0.39, 0.29) is 0 Å². The Morgan fingerprint density at radius 1 is 1.44 bits per heavy atom. The van der Waals surface area contributed by atoms with Crippen molar-refractivity contribution in [1.82, 2.24) is 5.32 Å².